The van der Waals surface area contributed by atoms with Gasteiger partial charge in [-0.1, -0.05) is 41.9 Å². The third kappa shape index (κ3) is 4.06. The van der Waals surface area contributed by atoms with Gasteiger partial charge in [-0.05, 0) is 58.8 Å². The van der Waals surface area contributed by atoms with Crippen molar-refractivity contribution in [1.82, 2.24) is 9.80 Å². The van der Waals surface area contributed by atoms with Crippen LogP contribution in [0.1, 0.15) is 11.1 Å². The summed E-state index contributed by atoms with van der Waals surface area (Å²) in [6.07, 6.45) is 0. The maximum atomic E-state index is 13.1. The number of aryl methyl sites for hydroxylation is 1. The summed E-state index contributed by atoms with van der Waals surface area (Å²) < 4.78 is 1.05. The largest absolute Gasteiger partial charge is 0.363 e. The first kappa shape index (κ1) is 20.4. The second kappa shape index (κ2) is 8.45. The van der Waals surface area contributed by atoms with E-state index in [1.54, 1.807) is 6.07 Å². The lowest BCUT2D eigenvalue weighted by Crippen LogP contribution is -2.47. The summed E-state index contributed by atoms with van der Waals surface area (Å²) in [4.78, 5) is 31.4. The number of piperazine rings is 1. The molecular weight excluding hydrogens is 501 g/mol. The van der Waals surface area contributed by atoms with Crippen LogP contribution in [0.2, 0.25) is 0 Å². The number of rotatable bonds is 4. The summed E-state index contributed by atoms with van der Waals surface area (Å²) in [5.74, 6) is -0.775. The Balaban J connectivity index is 1.48. The molecule has 2 amide bonds. The molecule has 0 aliphatic carbocycles. The maximum Gasteiger partial charge on any atom is 0.283 e. The molecule has 7 heteroatoms. The van der Waals surface area contributed by atoms with Crippen LogP contribution in [0.25, 0.3) is 0 Å². The number of carbonyl (C=O) groups excluding carboxylic acids is 2. The molecular formula is C22H21ClIN3O2. The quantitative estimate of drug-likeness (QED) is 0.454. The van der Waals surface area contributed by atoms with Crippen molar-refractivity contribution in [3.8, 4) is 0 Å². The Morgan fingerprint density at radius 3 is 2.31 bits per heavy atom. The van der Waals surface area contributed by atoms with Crippen molar-refractivity contribution in [2.45, 2.75) is 13.5 Å². The molecule has 2 heterocycles. The van der Waals surface area contributed by atoms with E-state index in [0.717, 1.165) is 28.8 Å². The lowest BCUT2D eigenvalue weighted by Gasteiger charge is -2.36. The second-order valence-corrected chi connectivity index (χ2v) is 8.91. The summed E-state index contributed by atoms with van der Waals surface area (Å²) >= 11 is 8.57. The van der Waals surface area contributed by atoms with Gasteiger partial charge in [-0.15, -0.1) is 0 Å². The van der Waals surface area contributed by atoms with E-state index in [1.165, 1.54) is 10.5 Å². The molecule has 4 rings (SSSR count). The molecule has 2 aromatic carbocycles. The highest BCUT2D eigenvalue weighted by molar-refractivity contribution is 14.1. The normalized spacial score (nSPS) is 18.2. The Hall–Kier alpha value is -1.90. The molecule has 0 N–H and O–H groups in total. The maximum absolute atomic E-state index is 13.1. The van der Waals surface area contributed by atoms with Crippen molar-refractivity contribution < 1.29 is 9.59 Å². The van der Waals surface area contributed by atoms with E-state index in [4.69, 9.17) is 11.6 Å². The number of hydrogen-bond acceptors (Lipinski definition) is 4. The van der Waals surface area contributed by atoms with Crippen LogP contribution in [0.5, 0.6) is 0 Å². The van der Waals surface area contributed by atoms with Crippen LogP contribution in [-0.4, -0.2) is 47.8 Å². The SMILES string of the molecule is Cc1cc(I)ccc1N1C(=O)C(Cl)=C(N2CCN(Cc3ccccc3)CC2)C1=O. The van der Waals surface area contributed by atoms with E-state index in [-0.39, 0.29) is 10.9 Å². The van der Waals surface area contributed by atoms with Gasteiger partial charge in [0.05, 0.1) is 5.69 Å². The fraction of sp³-hybridized carbons (Fsp3) is 0.273. The molecule has 0 radical (unpaired) electrons. The lowest BCUT2D eigenvalue weighted by atomic mass is 10.2. The summed E-state index contributed by atoms with van der Waals surface area (Å²) in [6.45, 7) is 5.72. The molecule has 0 bridgehead atoms. The van der Waals surface area contributed by atoms with Gasteiger partial charge in [-0.3, -0.25) is 14.5 Å². The van der Waals surface area contributed by atoms with Crippen molar-refractivity contribution in [3.63, 3.8) is 0 Å². The Kier molecular flexibility index (Phi) is 5.94. The summed E-state index contributed by atoms with van der Waals surface area (Å²) in [7, 11) is 0. The number of hydrogen-bond donors (Lipinski definition) is 0. The highest BCUT2D eigenvalue weighted by Gasteiger charge is 2.42. The molecule has 2 aliphatic heterocycles. The number of halogens is 2. The fourth-order valence-electron chi connectivity index (χ4n) is 3.83. The van der Waals surface area contributed by atoms with Gasteiger partial charge < -0.3 is 4.90 Å². The molecule has 5 nitrogen and oxygen atoms in total. The van der Waals surface area contributed by atoms with Crippen LogP contribution >= 0.6 is 34.2 Å². The van der Waals surface area contributed by atoms with Crippen molar-refractivity contribution in [2.24, 2.45) is 0 Å². The number of amides is 2. The molecule has 0 unspecified atom stereocenters. The van der Waals surface area contributed by atoms with E-state index in [1.807, 2.05) is 42.2 Å². The summed E-state index contributed by atoms with van der Waals surface area (Å²) in [5, 5.41) is 0.0180. The minimum Gasteiger partial charge on any atom is -0.363 e. The molecule has 150 valence electrons. The summed E-state index contributed by atoms with van der Waals surface area (Å²) in [6, 6.07) is 16.0. The topological polar surface area (TPSA) is 43.9 Å². The van der Waals surface area contributed by atoms with Crippen LogP contribution in [0.3, 0.4) is 0 Å². The van der Waals surface area contributed by atoms with Crippen molar-refractivity contribution >= 4 is 51.7 Å². The van der Waals surface area contributed by atoms with Gasteiger partial charge in [0, 0.05) is 36.3 Å². The molecule has 0 saturated carbocycles. The Morgan fingerprint density at radius 1 is 0.966 bits per heavy atom. The molecule has 2 aromatic rings. The molecule has 0 spiro atoms. The Labute approximate surface area is 189 Å². The highest BCUT2D eigenvalue weighted by Crippen LogP contribution is 2.33. The minimum absolute atomic E-state index is 0.0180. The molecule has 1 saturated heterocycles. The fourth-order valence-corrected chi connectivity index (χ4v) is 4.76. The number of nitrogens with zero attached hydrogens (tertiary/aromatic N) is 3. The molecule has 29 heavy (non-hydrogen) atoms. The zero-order chi connectivity index (χ0) is 20.5. The zero-order valence-corrected chi connectivity index (χ0v) is 19.0. The van der Waals surface area contributed by atoms with Crippen LogP contribution in [0, 0.1) is 10.5 Å². The first-order chi connectivity index (χ1) is 14.0. The minimum atomic E-state index is -0.442. The third-order valence-corrected chi connectivity index (χ3v) is 6.35. The van der Waals surface area contributed by atoms with Gasteiger partial charge in [0.25, 0.3) is 11.8 Å². The number of anilines is 1. The lowest BCUT2D eigenvalue weighted by molar-refractivity contribution is -0.121. The Bertz CT molecular complexity index is 985. The first-order valence-corrected chi connectivity index (χ1v) is 11.0. The van der Waals surface area contributed by atoms with Gasteiger partial charge in [-0.2, -0.15) is 0 Å². The molecule has 1 fully saturated rings. The predicted molar refractivity (Wildman–Crippen MR) is 123 cm³/mol. The van der Waals surface area contributed by atoms with Gasteiger partial charge in [0.15, 0.2) is 0 Å². The average molecular weight is 522 g/mol. The standard InChI is InChI=1S/C22H21ClIN3O2/c1-15-13-17(24)7-8-18(15)27-21(28)19(23)20(22(27)29)26-11-9-25(10-12-26)14-16-5-3-2-4-6-16/h2-8,13H,9-12,14H2,1H3. The second-order valence-electron chi connectivity index (χ2n) is 7.29. The number of carbonyl (C=O) groups is 2. The highest BCUT2D eigenvalue weighted by atomic mass is 127. The molecule has 0 atom stereocenters. The van der Waals surface area contributed by atoms with E-state index < -0.39 is 5.91 Å². The van der Waals surface area contributed by atoms with Crippen LogP contribution in [0.15, 0.2) is 59.3 Å². The van der Waals surface area contributed by atoms with Crippen LogP contribution < -0.4 is 4.90 Å². The first-order valence-electron chi connectivity index (χ1n) is 9.51. The van der Waals surface area contributed by atoms with Gasteiger partial charge in [0.2, 0.25) is 0 Å². The van der Waals surface area contributed by atoms with E-state index in [2.05, 4.69) is 39.6 Å². The van der Waals surface area contributed by atoms with Crippen LogP contribution in [0.4, 0.5) is 5.69 Å². The third-order valence-electron chi connectivity index (χ3n) is 5.34. The average Bonchev–Trinajstić information content (AvgIpc) is 2.93. The van der Waals surface area contributed by atoms with Crippen LogP contribution in [-0.2, 0) is 16.1 Å². The molecule has 0 aromatic heterocycles. The van der Waals surface area contributed by atoms with E-state index in [0.29, 0.717) is 24.5 Å². The predicted octanol–water partition coefficient (Wildman–Crippen LogP) is 3.74. The van der Waals surface area contributed by atoms with Crippen molar-refractivity contribution in [2.75, 3.05) is 31.1 Å². The van der Waals surface area contributed by atoms with Gasteiger partial charge >= 0.3 is 0 Å². The zero-order valence-electron chi connectivity index (χ0n) is 16.1. The monoisotopic (exact) mass is 521 g/mol. The summed E-state index contributed by atoms with van der Waals surface area (Å²) in [5.41, 5.74) is 3.06. The smallest absolute Gasteiger partial charge is 0.283 e. The van der Waals surface area contributed by atoms with E-state index in [9.17, 15) is 9.59 Å². The number of benzene rings is 2. The Morgan fingerprint density at radius 2 is 1.66 bits per heavy atom. The number of imide groups is 1. The van der Waals surface area contributed by atoms with Gasteiger partial charge in [-0.25, -0.2) is 4.90 Å². The van der Waals surface area contributed by atoms with Crippen molar-refractivity contribution in [3.05, 3.63) is 74.0 Å². The van der Waals surface area contributed by atoms with Crippen molar-refractivity contribution in [1.29, 1.82) is 0 Å². The van der Waals surface area contributed by atoms with Gasteiger partial charge in [0.1, 0.15) is 10.7 Å². The molecule has 2 aliphatic rings. The van der Waals surface area contributed by atoms with E-state index >= 15 is 0 Å².